The highest BCUT2D eigenvalue weighted by molar-refractivity contribution is 5.33. The van der Waals surface area contributed by atoms with Crippen LogP contribution in [0.25, 0.3) is 0 Å². The van der Waals surface area contributed by atoms with Gasteiger partial charge in [0.2, 0.25) is 0 Å². The molecular formula is C13H16O3. The smallest absolute Gasteiger partial charge is 0.180 e. The fourth-order valence-electron chi connectivity index (χ4n) is 1.10. The molecule has 3 nitrogen and oxygen atoms in total. The minimum Gasteiger partial charge on any atom is -0.363 e. The molecule has 0 spiro atoms. The van der Waals surface area contributed by atoms with Gasteiger partial charge in [-0.3, -0.25) is 0 Å². The van der Waals surface area contributed by atoms with Crippen LogP contribution in [0.1, 0.15) is 5.56 Å². The Morgan fingerprint density at radius 1 is 1.12 bits per heavy atom. The highest BCUT2D eigenvalue weighted by Crippen LogP contribution is 1.95. The molecule has 86 valence electrons. The van der Waals surface area contributed by atoms with Crippen molar-refractivity contribution in [3.8, 4) is 11.8 Å². The molecule has 16 heavy (non-hydrogen) atoms. The summed E-state index contributed by atoms with van der Waals surface area (Å²) in [6.07, 6.45) is -0.321. The first-order valence-electron chi connectivity index (χ1n) is 5.04. The maximum absolute atomic E-state index is 5.28. The fourth-order valence-corrected chi connectivity index (χ4v) is 1.10. The van der Waals surface area contributed by atoms with Crippen LogP contribution >= 0.6 is 0 Å². The molecule has 0 heterocycles. The molecule has 0 amide bonds. The molecule has 0 aliphatic carbocycles. The third kappa shape index (κ3) is 4.94. The second kappa shape index (κ2) is 7.89. The first-order valence-corrected chi connectivity index (χ1v) is 5.04. The zero-order valence-corrected chi connectivity index (χ0v) is 9.60. The maximum Gasteiger partial charge on any atom is 0.180 e. The fraction of sp³-hybridized carbons (Fsp3) is 0.385. The van der Waals surface area contributed by atoms with Gasteiger partial charge in [-0.15, -0.1) is 0 Å². The largest absolute Gasteiger partial charge is 0.363 e. The van der Waals surface area contributed by atoms with Crippen molar-refractivity contribution in [3.63, 3.8) is 0 Å². The van der Waals surface area contributed by atoms with Crippen LogP contribution < -0.4 is 0 Å². The molecule has 3 heteroatoms. The van der Waals surface area contributed by atoms with E-state index in [1.807, 2.05) is 30.3 Å². The van der Waals surface area contributed by atoms with Crippen LogP contribution in [0.2, 0.25) is 0 Å². The van der Waals surface area contributed by atoms with Gasteiger partial charge in [0, 0.05) is 19.8 Å². The van der Waals surface area contributed by atoms with E-state index >= 15 is 0 Å². The van der Waals surface area contributed by atoms with Crippen LogP contribution in [0.3, 0.4) is 0 Å². The second-order valence-corrected chi connectivity index (χ2v) is 3.08. The molecule has 0 fully saturated rings. The Morgan fingerprint density at radius 2 is 1.81 bits per heavy atom. The van der Waals surface area contributed by atoms with Crippen molar-refractivity contribution in [2.75, 3.05) is 27.4 Å². The molecule has 0 aliphatic heterocycles. The Bertz CT molecular complexity index is 333. The predicted molar refractivity (Wildman–Crippen MR) is 61.9 cm³/mol. The normalized spacial score (nSPS) is 9.94. The van der Waals surface area contributed by atoms with Crippen molar-refractivity contribution >= 4 is 0 Å². The highest BCUT2D eigenvalue weighted by atomic mass is 16.7. The number of ether oxygens (including phenoxy) is 3. The van der Waals surface area contributed by atoms with Crippen molar-refractivity contribution < 1.29 is 14.2 Å². The van der Waals surface area contributed by atoms with E-state index in [1.54, 1.807) is 14.2 Å². The van der Waals surface area contributed by atoms with E-state index < -0.39 is 0 Å². The third-order valence-corrected chi connectivity index (χ3v) is 1.96. The SMILES string of the molecule is COC(COCC#Cc1ccccc1)OC. The molecule has 0 aromatic heterocycles. The van der Waals surface area contributed by atoms with Crippen LogP contribution in [0.5, 0.6) is 0 Å². The number of benzene rings is 1. The molecule has 1 aromatic rings. The lowest BCUT2D eigenvalue weighted by atomic mass is 10.2. The van der Waals surface area contributed by atoms with Gasteiger partial charge in [0.25, 0.3) is 0 Å². The molecule has 0 unspecified atom stereocenters. The van der Waals surface area contributed by atoms with Crippen molar-refractivity contribution in [2.24, 2.45) is 0 Å². The Kier molecular flexibility index (Phi) is 6.28. The number of hydrogen-bond acceptors (Lipinski definition) is 3. The van der Waals surface area contributed by atoms with Gasteiger partial charge < -0.3 is 14.2 Å². The average Bonchev–Trinajstić information content (AvgIpc) is 2.35. The van der Waals surface area contributed by atoms with Crippen molar-refractivity contribution in [1.29, 1.82) is 0 Å². The zero-order chi connectivity index (χ0) is 11.6. The summed E-state index contributed by atoms with van der Waals surface area (Å²) < 4.78 is 15.2. The third-order valence-electron chi connectivity index (χ3n) is 1.96. The summed E-state index contributed by atoms with van der Waals surface area (Å²) >= 11 is 0. The van der Waals surface area contributed by atoms with E-state index in [4.69, 9.17) is 14.2 Å². The van der Waals surface area contributed by atoms with E-state index in [0.29, 0.717) is 13.2 Å². The number of rotatable bonds is 5. The summed E-state index contributed by atoms with van der Waals surface area (Å²) in [4.78, 5) is 0. The Labute approximate surface area is 96.3 Å². The standard InChI is InChI=1S/C13H16O3/c1-14-13(15-2)11-16-10-6-9-12-7-4-3-5-8-12/h3-5,7-8,13H,10-11H2,1-2H3. The molecule has 1 aromatic carbocycles. The van der Waals surface area contributed by atoms with Gasteiger partial charge in [0.15, 0.2) is 6.29 Å². The minimum absolute atomic E-state index is 0.321. The highest BCUT2D eigenvalue weighted by Gasteiger charge is 2.02. The van der Waals surface area contributed by atoms with Gasteiger partial charge in [-0.2, -0.15) is 0 Å². The lowest BCUT2D eigenvalue weighted by Crippen LogP contribution is -2.20. The summed E-state index contributed by atoms with van der Waals surface area (Å²) in [5.74, 6) is 5.92. The maximum atomic E-state index is 5.28. The van der Waals surface area contributed by atoms with Gasteiger partial charge >= 0.3 is 0 Å². The van der Waals surface area contributed by atoms with Crippen LogP contribution in [-0.2, 0) is 14.2 Å². The lowest BCUT2D eigenvalue weighted by molar-refractivity contribution is -0.137. The first kappa shape index (κ1) is 12.7. The monoisotopic (exact) mass is 220 g/mol. The summed E-state index contributed by atoms with van der Waals surface area (Å²) in [6.45, 7) is 0.759. The summed E-state index contributed by atoms with van der Waals surface area (Å²) in [5.41, 5.74) is 0.987. The molecule has 0 saturated heterocycles. The van der Waals surface area contributed by atoms with E-state index in [9.17, 15) is 0 Å². The molecule has 1 rings (SSSR count). The van der Waals surface area contributed by atoms with E-state index in [0.717, 1.165) is 5.56 Å². The summed E-state index contributed by atoms with van der Waals surface area (Å²) in [5, 5.41) is 0. The zero-order valence-electron chi connectivity index (χ0n) is 9.60. The van der Waals surface area contributed by atoms with Crippen molar-refractivity contribution in [2.45, 2.75) is 6.29 Å². The van der Waals surface area contributed by atoms with Gasteiger partial charge in [0.05, 0.1) is 6.61 Å². The first-order chi connectivity index (χ1) is 7.86. The minimum atomic E-state index is -0.321. The van der Waals surface area contributed by atoms with Gasteiger partial charge in [0.1, 0.15) is 6.61 Å². The van der Waals surface area contributed by atoms with Crippen LogP contribution in [0.15, 0.2) is 30.3 Å². The van der Waals surface area contributed by atoms with Gasteiger partial charge in [-0.1, -0.05) is 30.0 Å². The van der Waals surface area contributed by atoms with E-state index in [2.05, 4.69) is 11.8 Å². The molecule has 0 N–H and O–H groups in total. The average molecular weight is 220 g/mol. The molecule has 0 saturated carbocycles. The number of methoxy groups -OCH3 is 2. The van der Waals surface area contributed by atoms with Crippen molar-refractivity contribution in [1.82, 2.24) is 0 Å². The van der Waals surface area contributed by atoms with E-state index in [-0.39, 0.29) is 6.29 Å². The lowest BCUT2D eigenvalue weighted by Gasteiger charge is -2.11. The Balaban J connectivity index is 2.23. The molecule has 0 atom stereocenters. The Morgan fingerprint density at radius 3 is 2.44 bits per heavy atom. The van der Waals surface area contributed by atoms with Crippen LogP contribution in [0, 0.1) is 11.8 Å². The van der Waals surface area contributed by atoms with Crippen LogP contribution in [0.4, 0.5) is 0 Å². The summed E-state index contributed by atoms with van der Waals surface area (Å²) in [6, 6.07) is 9.79. The predicted octanol–water partition coefficient (Wildman–Crippen LogP) is 1.67. The molecular weight excluding hydrogens is 204 g/mol. The topological polar surface area (TPSA) is 27.7 Å². The van der Waals surface area contributed by atoms with Gasteiger partial charge in [-0.05, 0) is 12.1 Å². The molecule has 0 aliphatic rings. The van der Waals surface area contributed by atoms with Crippen molar-refractivity contribution in [3.05, 3.63) is 35.9 Å². The van der Waals surface area contributed by atoms with Crippen LogP contribution in [-0.4, -0.2) is 33.7 Å². The van der Waals surface area contributed by atoms with E-state index in [1.165, 1.54) is 0 Å². The summed E-state index contributed by atoms with van der Waals surface area (Å²) in [7, 11) is 3.15. The quantitative estimate of drug-likeness (QED) is 0.429. The second-order valence-electron chi connectivity index (χ2n) is 3.08. The molecule has 0 radical (unpaired) electrons. The number of hydrogen-bond donors (Lipinski definition) is 0. The molecule has 0 bridgehead atoms. The van der Waals surface area contributed by atoms with Gasteiger partial charge in [-0.25, -0.2) is 0 Å². The Hall–Kier alpha value is -1.34.